The lowest BCUT2D eigenvalue weighted by Gasteiger charge is -2.28. The number of nitrogens with zero attached hydrogens (tertiary/aromatic N) is 2. The fourth-order valence-corrected chi connectivity index (χ4v) is 3.62. The van der Waals surface area contributed by atoms with Gasteiger partial charge in [0.05, 0.1) is 10.2 Å². The summed E-state index contributed by atoms with van der Waals surface area (Å²) in [4.78, 5) is 6.99. The molecule has 1 aromatic carbocycles. The summed E-state index contributed by atoms with van der Waals surface area (Å²) in [7, 11) is 2.20. The van der Waals surface area contributed by atoms with Crippen molar-refractivity contribution in [3.05, 3.63) is 23.2 Å². The van der Waals surface area contributed by atoms with Crippen LogP contribution < -0.4 is 5.32 Å². The van der Waals surface area contributed by atoms with Gasteiger partial charge in [0.25, 0.3) is 0 Å². The van der Waals surface area contributed by atoms with Gasteiger partial charge in [-0.3, -0.25) is 0 Å². The Morgan fingerprint density at radius 2 is 2.21 bits per heavy atom. The third-order valence-corrected chi connectivity index (χ3v) is 4.94. The van der Waals surface area contributed by atoms with Crippen molar-refractivity contribution in [2.75, 3.05) is 32.0 Å². The number of hydrogen-bond acceptors (Lipinski definition) is 4. The summed E-state index contributed by atoms with van der Waals surface area (Å²) in [5.41, 5.74) is 1.03. The van der Waals surface area contributed by atoms with Crippen molar-refractivity contribution in [3.63, 3.8) is 0 Å². The molecule has 1 fully saturated rings. The number of hydrogen-bond donors (Lipinski definition) is 1. The molecule has 2 heterocycles. The molecule has 1 saturated heterocycles. The maximum Gasteiger partial charge on any atom is 0.183 e. The zero-order valence-electron chi connectivity index (χ0n) is 11.0. The second-order valence-electron chi connectivity index (χ2n) is 5.26. The van der Waals surface area contributed by atoms with Crippen molar-refractivity contribution < 1.29 is 0 Å². The Labute approximate surface area is 122 Å². The van der Waals surface area contributed by atoms with Crippen LogP contribution in [0.2, 0.25) is 5.02 Å². The molecular formula is C14H18ClN3S. The first-order valence-electron chi connectivity index (χ1n) is 6.69. The molecule has 1 N–H and O–H groups in total. The monoisotopic (exact) mass is 295 g/mol. The summed E-state index contributed by atoms with van der Waals surface area (Å²) in [5.74, 6) is 0.770. The lowest BCUT2D eigenvalue weighted by atomic mass is 9.97. The molecule has 3 nitrogen and oxygen atoms in total. The molecule has 0 amide bonds. The summed E-state index contributed by atoms with van der Waals surface area (Å²) in [6.07, 6.45) is 2.56. The number of aromatic nitrogens is 1. The van der Waals surface area contributed by atoms with Gasteiger partial charge in [0, 0.05) is 11.6 Å². The molecule has 0 atom stereocenters. The summed E-state index contributed by atoms with van der Waals surface area (Å²) >= 11 is 7.68. The van der Waals surface area contributed by atoms with Gasteiger partial charge in [-0.2, -0.15) is 0 Å². The average molecular weight is 296 g/mol. The minimum absolute atomic E-state index is 0.770. The third-order valence-electron chi connectivity index (χ3n) is 3.73. The largest absolute Gasteiger partial charge is 0.361 e. The molecule has 1 aromatic heterocycles. The molecule has 3 rings (SSSR count). The van der Waals surface area contributed by atoms with Crippen LogP contribution in [0.4, 0.5) is 5.13 Å². The lowest BCUT2D eigenvalue weighted by Crippen LogP contribution is -2.32. The zero-order valence-corrected chi connectivity index (χ0v) is 12.6. The Balaban J connectivity index is 1.62. The van der Waals surface area contributed by atoms with Gasteiger partial charge in [0.2, 0.25) is 0 Å². The van der Waals surface area contributed by atoms with Crippen LogP contribution in [0.3, 0.4) is 0 Å². The third kappa shape index (κ3) is 3.19. The van der Waals surface area contributed by atoms with E-state index in [0.29, 0.717) is 0 Å². The standard InChI is InChI=1S/C14H18ClN3S/c1-18-6-4-10(5-7-18)9-16-14-17-12-3-2-11(15)8-13(12)19-14/h2-3,8,10H,4-7,9H2,1H3,(H,16,17). The molecule has 0 bridgehead atoms. The summed E-state index contributed by atoms with van der Waals surface area (Å²) in [5, 5.41) is 5.27. The highest BCUT2D eigenvalue weighted by molar-refractivity contribution is 7.22. The molecule has 102 valence electrons. The zero-order chi connectivity index (χ0) is 13.2. The van der Waals surface area contributed by atoms with Crippen molar-refractivity contribution in [1.29, 1.82) is 0 Å². The van der Waals surface area contributed by atoms with E-state index in [1.54, 1.807) is 11.3 Å². The van der Waals surface area contributed by atoms with Gasteiger partial charge >= 0.3 is 0 Å². The van der Waals surface area contributed by atoms with Crippen LogP contribution in [0, 0.1) is 5.92 Å². The maximum atomic E-state index is 5.99. The predicted molar refractivity (Wildman–Crippen MR) is 83.3 cm³/mol. The topological polar surface area (TPSA) is 28.2 Å². The number of anilines is 1. The van der Waals surface area contributed by atoms with Crippen molar-refractivity contribution in [2.24, 2.45) is 5.92 Å². The van der Waals surface area contributed by atoms with Crippen LogP contribution in [0.5, 0.6) is 0 Å². The molecule has 0 saturated carbocycles. The van der Waals surface area contributed by atoms with E-state index in [-0.39, 0.29) is 0 Å². The van der Waals surface area contributed by atoms with Gasteiger partial charge < -0.3 is 10.2 Å². The van der Waals surface area contributed by atoms with E-state index >= 15 is 0 Å². The van der Waals surface area contributed by atoms with Gasteiger partial charge in [-0.05, 0) is 57.1 Å². The first kappa shape index (κ1) is 13.2. The van der Waals surface area contributed by atoms with Crippen molar-refractivity contribution >= 4 is 38.3 Å². The molecule has 1 aliphatic heterocycles. The van der Waals surface area contributed by atoms with E-state index in [9.17, 15) is 0 Å². The first-order valence-corrected chi connectivity index (χ1v) is 7.88. The predicted octanol–water partition coefficient (Wildman–Crippen LogP) is 3.70. The van der Waals surface area contributed by atoms with E-state index in [4.69, 9.17) is 11.6 Å². The van der Waals surface area contributed by atoms with Crippen LogP contribution in [-0.4, -0.2) is 36.6 Å². The Bertz CT molecular complexity index is 561. The molecule has 5 heteroatoms. The second kappa shape index (κ2) is 5.65. The van der Waals surface area contributed by atoms with Crippen LogP contribution in [-0.2, 0) is 0 Å². The van der Waals surface area contributed by atoms with E-state index in [2.05, 4.69) is 22.2 Å². The molecule has 0 unspecified atom stereocenters. The minimum atomic E-state index is 0.770. The lowest BCUT2D eigenvalue weighted by molar-refractivity contribution is 0.226. The van der Waals surface area contributed by atoms with Gasteiger partial charge in [0.15, 0.2) is 5.13 Å². The highest BCUT2D eigenvalue weighted by atomic mass is 35.5. The van der Waals surface area contributed by atoms with Crippen LogP contribution in [0.25, 0.3) is 10.2 Å². The van der Waals surface area contributed by atoms with Gasteiger partial charge in [-0.25, -0.2) is 4.98 Å². The van der Waals surface area contributed by atoms with Crippen LogP contribution in [0.1, 0.15) is 12.8 Å². The molecule has 19 heavy (non-hydrogen) atoms. The second-order valence-corrected chi connectivity index (χ2v) is 6.73. The number of likely N-dealkylation sites (tertiary alicyclic amines) is 1. The van der Waals surface area contributed by atoms with E-state index in [1.807, 2.05) is 18.2 Å². The number of nitrogens with one attached hydrogen (secondary N) is 1. The molecule has 1 aliphatic rings. The summed E-state index contributed by atoms with van der Waals surface area (Å²) < 4.78 is 1.15. The normalized spacial score (nSPS) is 18.0. The Morgan fingerprint density at radius 1 is 1.42 bits per heavy atom. The molecule has 0 aliphatic carbocycles. The SMILES string of the molecule is CN1CCC(CNc2nc3ccc(Cl)cc3s2)CC1. The Hall–Kier alpha value is -0.840. The number of halogens is 1. The number of fused-ring (bicyclic) bond motifs is 1. The van der Waals surface area contributed by atoms with Crippen molar-refractivity contribution in [3.8, 4) is 0 Å². The van der Waals surface area contributed by atoms with Crippen molar-refractivity contribution in [1.82, 2.24) is 9.88 Å². The smallest absolute Gasteiger partial charge is 0.183 e. The Kier molecular flexibility index (Phi) is 3.91. The highest BCUT2D eigenvalue weighted by Crippen LogP contribution is 2.28. The summed E-state index contributed by atoms with van der Waals surface area (Å²) in [6.45, 7) is 3.45. The van der Waals surface area contributed by atoms with Crippen LogP contribution in [0.15, 0.2) is 18.2 Å². The van der Waals surface area contributed by atoms with Gasteiger partial charge in [-0.15, -0.1) is 0 Å². The molecule has 0 spiro atoms. The summed E-state index contributed by atoms with van der Waals surface area (Å²) in [6, 6.07) is 5.86. The first-order chi connectivity index (χ1) is 9.20. The van der Waals surface area contributed by atoms with Crippen LogP contribution >= 0.6 is 22.9 Å². The number of rotatable bonds is 3. The van der Waals surface area contributed by atoms with Gasteiger partial charge in [0.1, 0.15) is 0 Å². The Morgan fingerprint density at radius 3 is 3.00 bits per heavy atom. The van der Waals surface area contributed by atoms with E-state index in [0.717, 1.165) is 32.8 Å². The molecular weight excluding hydrogens is 278 g/mol. The van der Waals surface area contributed by atoms with E-state index < -0.39 is 0 Å². The molecule has 2 aromatic rings. The fraction of sp³-hybridized carbons (Fsp3) is 0.500. The maximum absolute atomic E-state index is 5.99. The fourth-order valence-electron chi connectivity index (χ4n) is 2.47. The van der Waals surface area contributed by atoms with Crippen molar-refractivity contribution in [2.45, 2.75) is 12.8 Å². The average Bonchev–Trinajstić information content (AvgIpc) is 2.80. The molecule has 0 radical (unpaired) electrons. The number of piperidine rings is 1. The quantitative estimate of drug-likeness (QED) is 0.936. The number of benzene rings is 1. The minimum Gasteiger partial charge on any atom is -0.361 e. The van der Waals surface area contributed by atoms with E-state index in [1.165, 1.54) is 25.9 Å². The number of thiazole rings is 1. The van der Waals surface area contributed by atoms with Gasteiger partial charge in [-0.1, -0.05) is 22.9 Å². The highest BCUT2D eigenvalue weighted by Gasteiger charge is 2.16.